The van der Waals surface area contributed by atoms with Crippen LogP contribution in [-0.2, 0) is 16.0 Å². The summed E-state index contributed by atoms with van der Waals surface area (Å²) in [5, 5.41) is 3.09. The number of hydrogen-bond acceptors (Lipinski definition) is 3. The summed E-state index contributed by atoms with van der Waals surface area (Å²) in [7, 11) is 1.37. The van der Waals surface area contributed by atoms with Crippen molar-refractivity contribution in [2.75, 3.05) is 13.7 Å². The van der Waals surface area contributed by atoms with Gasteiger partial charge in [0.25, 0.3) is 0 Å². The second kappa shape index (κ2) is 7.01. The minimum Gasteiger partial charge on any atom is -0.468 e. The Balaban J connectivity index is 2.38. The monoisotopic (exact) mass is 239 g/mol. The Hall–Kier alpha value is -1.42. The van der Waals surface area contributed by atoms with Crippen LogP contribution in [0.3, 0.4) is 0 Å². The number of carbonyl (C=O) groups excluding carboxylic acids is 1. The number of carbonyl (C=O) groups is 1. The molecule has 94 valence electrons. The Morgan fingerprint density at radius 3 is 2.88 bits per heavy atom. The topological polar surface area (TPSA) is 38.3 Å². The number of esters is 1. The fourth-order valence-corrected chi connectivity index (χ4v) is 1.62. The van der Waals surface area contributed by atoms with Crippen LogP contribution in [0.5, 0.6) is 0 Å². The van der Waals surface area contributed by atoms with Crippen LogP contribution in [0.1, 0.15) is 18.9 Å². The first kappa shape index (κ1) is 13.6. The summed E-state index contributed by atoms with van der Waals surface area (Å²) in [5.41, 5.74) is 0.914. The van der Waals surface area contributed by atoms with E-state index >= 15 is 0 Å². The van der Waals surface area contributed by atoms with Crippen molar-refractivity contribution >= 4 is 5.97 Å². The molecule has 4 heteroatoms. The highest BCUT2D eigenvalue weighted by atomic mass is 19.1. The fourth-order valence-electron chi connectivity index (χ4n) is 1.62. The van der Waals surface area contributed by atoms with Gasteiger partial charge in [-0.15, -0.1) is 0 Å². The van der Waals surface area contributed by atoms with Gasteiger partial charge in [0.1, 0.15) is 11.9 Å². The number of rotatable bonds is 6. The molecule has 0 radical (unpaired) electrons. The molecule has 0 saturated carbocycles. The molecule has 0 saturated heterocycles. The lowest BCUT2D eigenvalue weighted by molar-refractivity contribution is -0.143. The minimum atomic E-state index is -0.284. The van der Waals surface area contributed by atoms with Crippen LogP contribution in [-0.4, -0.2) is 25.7 Å². The number of hydrogen-bond donors (Lipinski definition) is 1. The maximum Gasteiger partial charge on any atom is 0.322 e. The molecule has 1 rings (SSSR count). The molecule has 1 N–H and O–H groups in total. The first-order valence-corrected chi connectivity index (χ1v) is 5.73. The third-order valence-electron chi connectivity index (χ3n) is 2.59. The van der Waals surface area contributed by atoms with Crippen molar-refractivity contribution < 1.29 is 13.9 Å². The van der Waals surface area contributed by atoms with E-state index in [1.54, 1.807) is 6.07 Å². The molecule has 1 atom stereocenters. The van der Waals surface area contributed by atoms with Crippen LogP contribution < -0.4 is 5.32 Å². The zero-order chi connectivity index (χ0) is 12.7. The molecule has 0 aromatic heterocycles. The molecule has 0 spiro atoms. The van der Waals surface area contributed by atoms with Gasteiger partial charge in [0.15, 0.2) is 0 Å². The van der Waals surface area contributed by atoms with Crippen LogP contribution in [0, 0.1) is 5.82 Å². The Kier molecular flexibility index (Phi) is 5.63. The Labute approximate surface area is 101 Å². The average molecular weight is 239 g/mol. The predicted octanol–water partition coefficient (Wildman–Crippen LogP) is 1.91. The molecule has 1 aromatic carbocycles. The number of ether oxygens (including phenoxy) is 1. The number of nitrogens with one attached hydrogen (secondary N) is 1. The van der Waals surface area contributed by atoms with E-state index in [1.165, 1.54) is 19.2 Å². The molecule has 0 aliphatic rings. The van der Waals surface area contributed by atoms with Gasteiger partial charge in [0.05, 0.1) is 7.11 Å². The third kappa shape index (κ3) is 4.53. The highest BCUT2D eigenvalue weighted by Gasteiger charge is 2.15. The summed E-state index contributed by atoms with van der Waals surface area (Å²) in [6.45, 7) is 2.54. The fraction of sp³-hybridized carbons (Fsp3) is 0.462. The summed E-state index contributed by atoms with van der Waals surface area (Å²) in [5.74, 6) is -0.491. The SMILES string of the molecule is CCC(NCCc1cccc(F)c1)C(=O)OC. The second-order valence-electron chi connectivity index (χ2n) is 3.82. The van der Waals surface area contributed by atoms with Crippen molar-refractivity contribution in [3.05, 3.63) is 35.6 Å². The normalized spacial score (nSPS) is 12.2. The highest BCUT2D eigenvalue weighted by molar-refractivity contribution is 5.75. The highest BCUT2D eigenvalue weighted by Crippen LogP contribution is 2.04. The van der Waals surface area contributed by atoms with Crippen molar-refractivity contribution in [1.82, 2.24) is 5.32 Å². The maximum atomic E-state index is 12.9. The average Bonchev–Trinajstić information content (AvgIpc) is 2.34. The van der Waals surface area contributed by atoms with E-state index < -0.39 is 0 Å². The lowest BCUT2D eigenvalue weighted by atomic mass is 10.1. The van der Waals surface area contributed by atoms with E-state index in [0.29, 0.717) is 19.4 Å². The van der Waals surface area contributed by atoms with Crippen molar-refractivity contribution in [3.63, 3.8) is 0 Å². The van der Waals surface area contributed by atoms with Crippen molar-refractivity contribution in [2.45, 2.75) is 25.8 Å². The van der Waals surface area contributed by atoms with Crippen LogP contribution in [0.15, 0.2) is 24.3 Å². The van der Waals surface area contributed by atoms with Crippen LogP contribution >= 0.6 is 0 Å². The number of methoxy groups -OCH3 is 1. The molecule has 1 aromatic rings. The quantitative estimate of drug-likeness (QED) is 0.771. The van der Waals surface area contributed by atoms with Crippen molar-refractivity contribution in [3.8, 4) is 0 Å². The van der Waals surface area contributed by atoms with Gasteiger partial charge in [0.2, 0.25) is 0 Å². The van der Waals surface area contributed by atoms with Crippen LogP contribution in [0.25, 0.3) is 0 Å². The van der Waals surface area contributed by atoms with Crippen LogP contribution in [0.4, 0.5) is 4.39 Å². The van der Waals surface area contributed by atoms with Gasteiger partial charge in [-0.05, 0) is 37.1 Å². The summed E-state index contributed by atoms with van der Waals surface area (Å²) < 4.78 is 17.6. The molecule has 0 fully saturated rings. The van der Waals surface area contributed by atoms with Crippen molar-refractivity contribution in [2.24, 2.45) is 0 Å². The first-order chi connectivity index (χ1) is 8.17. The van der Waals surface area contributed by atoms with E-state index in [9.17, 15) is 9.18 Å². The molecule has 0 bridgehead atoms. The van der Waals surface area contributed by atoms with E-state index in [1.807, 2.05) is 13.0 Å². The van der Waals surface area contributed by atoms with E-state index in [-0.39, 0.29) is 17.8 Å². The molecule has 1 unspecified atom stereocenters. The predicted molar refractivity (Wildman–Crippen MR) is 64.2 cm³/mol. The standard InChI is InChI=1S/C13H18FNO2/c1-3-12(13(16)17-2)15-8-7-10-5-4-6-11(14)9-10/h4-6,9,12,15H,3,7-8H2,1-2H3. The largest absolute Gasteiger partial charge is 0.468 e. The molecule has 3 nitrogen and oxygen atoms in total. The molecule has 0 amide bonds. The smallest absolute Gasteiger partial charge is 0.322 e. The summed E-state index contributed by atoms with van der Waals surface area (Å²) >= 11 is 0. The van der Waals surface area contributed by atoms with E-state index in [0.717, 1.165) is 5.56 Å². The lowest BCUT2D eigenvalue weighted by Crippen LogP contribution is -2.38. The lowest BCUT2D eigenvalue weighted by Gasteiger charge is -2.14. The first-order valence-electron chi connectivity index (χ1n) is 5.73. The van der Waals surface area contributed by atoms with Gasteiger partial charge < -0.3 is 10.1 Å². The molecule has 0 heterocycles. The van der Waals surface area contributed by atoms with Crippen LogP contribution in [0.2, 0.25) is 0 Å². The van der Waals surface area contributed by atoms with Gasteiger partial charge in [0, 0.05) is 0 Å². The summed E-state index contributed by atoms with van der Waals surface area (Å²) in [6.07, 6.45) is 1.36. The van der Waals surface area contributed by atoms with Crippen molar-refractivity contribution in [1.29, 1.82) is 0 Å². The van der Waals surface area contributed by atoms with E-state index in [2.05, 4.69) is 10.1 Å². The van der Waals surface area contributed by atoms with Gasteiger partial charge in [-0.3, -0.25) is 4.79 Å². The Morgan fingerprint density at radius 2 is 2.29 bits per heavy atom. The minimum absolute atomic E-state index is 0.234. The third-order valence-corrected chi connectivity index (χ3v) is 2.59. The molecule has 0 aliphatic heterocycles. The Morgan fingerprint density at radius 1 is 1.53 bits per heavy atom. The van der Waals surface area contributed by atoms with Gasteiger partial charge in [-0.1, -0.05) is 19.1 Å². The summed E-state index contributed by atoms with van der Waals surface area (Å²) in [4.78, 5) is 11.3. The zero-order valence-electron chi connectivity index (χ0n) is 10.2. The maximum absolute atomic E-state index is 12.9. The second-order valence-corrected chi connectivity index (χ2v) is 3.82. The van der Waals surface area contributed by atoms with Gasteiger partial charge in [-0.2, -0.15) is 0 Å². The molecular weight excluding hydrogens is 221 g/mol. The molecule has 17 heavy (non-hydrogen) atoms. The Bertz CT molecular complexity index is 368. The number of benzene rings is 1. The number of halogens is 1. The summed E-state index contributed by atoms with van der Waals surface area (Å²) in [6, 6.07) is 6.18. The zero-order valence-corrected chi connectivity index (χ0v) is 10.2. The van der Waals surface area contributed by atoms with Gasteiger partial charge in [-0.25, -0.2) is 4.39 Å². The molecule has 0 aliphatic carbocycles. The van der Waals surface area contributed by atoms with E-state index in [4.69, 9.17) is 0 Å². The molecular formula is C13H18FNO2. The van der Waals surface area contributed by atoms with Gasteiger partial charge >= 0.3 is 5.97 Å².